The summed E-state index contributed by atoms with van der Waals surface area (Å²) < 4.78 is 25.3. The Bertz CT molecular complexity index is 422. The number of halogens is 3. The average molecular weight is 275 g/mol. The highest BCUT2D eigenvalue weighted by molar-refractivity contribution is 6.21. The zero-order valence-corrected chi connectivity index (χ0v) is 10.3. The van der Waals surface area contributed by atoms with Crippen LogP contribution < -0.4 is 5.32 Å². The van der Waals surface area contributed by atoms with Gasteiger partial charge in [0, 0.05) is 19.5 Å². The van der Waals surface area contributed by atoms with Crippen molar-refractivity contribution >= 4 is 17.6 Å². The van der Waals surface area contributed by atoms with Gasteiger partial charge in [0.2, 0.25) is 0 Å². The Morgan fingerprint density at radius 2 is 2.06 bits per heavy atom. The molecule has 1 saturated heterocycles. The number of hydrogen-bond donors (Lipinski definition) is 1. The van der Waals surface area contributed by atoms with Crippen molar-refractivity contribution in [2.45, 2.75) is 24.4 Å². The normalized spacial score (nSPS) is 20.1. The molecule has 1 heterocycles. The molecule has 1 aromatic rings. The van der Waals surface area contributed by atoms with Gasteiger partial charge in [-0.1, -0.05) is 30.3 Å². The summed E-state index contributed by atoms with van der Waals surface area (Å²) in [4.78, 5) is 13.1. The molecule has 2 amide bonds. The van der Waals surface area contributed by atoms with Crippen LogP contribution in [0.2, 0.25) is 0 Å². The first-order valence-electron chi connectivity index (χ1n) is 5.60. The smallest absolute Gasteiger partial charge is 0.323 e. The van der Waals surface area contributed by atoms with E-state index in [0.29, 0.717) is 6.54 Å². The fourth-order valence-electron chi connectivity index (χ4n) is 2.00. The maximum Gasteiger partial charge on any atom is 0.323 e. The Balaban J connectivity index is 1.94. The standard InChI is InChI=1S/C12H13ClF2N2O/c13-12(14,15)6-10-8-17(11(18)16-10)7-9-4-2-1-3-5-9/h1-5,10H,6-8H2,(H,16,18). The number of urea groups is 1. The highest BCUT2D eigenvalue weighted by atomic mass is 35.5. The highest BCUT2D eigenvalue weighted by Crippen LogP contribution is 2.27. The van der Waals surface area contributed by atoms with Crippen molar-refractivity contribution in [2.24, 2.45) is 0 Å². The summed E-state index contributed by atoms with van der Waals surface area (Å²) in [6.45, 7) is 0.660. The van der Waals surface area contributed by atoms with Gasteiger partial charge in [0.15, 0.2) is 0 Å². The molecule has 1 fully saturated rings. The minimum atomic E-state index is -3.28. The molecule has 0 bridgehead atoms. The van der Waals surface area contributed by atoms with Crippen molar-refractivity contribution in [3.63, 3.8) is 0 Å². The number of amides is 2. The van der Waals surface area contributed by atoms with E-state index in [1.807, 2.05) is 30.3 Å². The van der Waals surface area contributed by atoms with Gasteiger partial charge in [-0.25, -0.2) is 4.79 Å². The van der Waals surface area contributed by atoms with Crippen LogP contribution in [0.3, 0.4) is 0 Å². The van der Waals surface area contributed by atoms with Crippen LogP contribution in [0.25, 0.3) is 0 Å². The Morgan fingerprint density at radius 3 is 2.67 bits per heavy atom. The van der Waals surface area contributed by atoms with Gasteiger partial charge in [-0.2, -0.15) is 8.78 Å². The first-order chi connectivity index (χ1) is 8.44. The quantitative estimate of drug-likeness (QED) is 0.842. The Morgan fingerprint density at radius 1 is 1.39 bits per heavy atom. The number of alkyl halides is 3. The second kappa shape index (κ2) is 5.10. The zero-order valence-electron chi connectivity index (χ0n) is 9.57. The van der Waals surface area contributed by atoms with Crippen LogP contribution in [-0.2, 0) is 6.54 Å². The summed E-state index contributed by atoms with van der Waals surface area (Å²) in [7, 11) is 0. The molecule has 0 aliphatic carbocycles. The van der Waals surface area contributed by atoms with Gasteiger partial charge in [-0.3, -0.25) is 0 Å². The highest BCUT2D eigenvalue weighted by Gasteiger charge is 2.36. The van der Waals surface area contributed by atoms with Crippen LogP contribution in [0.15, 0.2) is 30.3 Å². The summed E-state index contributed by atoms with van der Waals surface area (Å²) in [6, 6.07) is 8.46. The van der Waals surface area contributed by atoms with Crippen molar-refractivity contribution in [1.82, 2.24) is 10.2 Å². The van der Waals surface area contributed by atoms with Crippen molar-refractivity contribution < 1.29 is 13.6 Å². The third kappa shape index (κ3) is 3.57. The second-order valence-electron chi connectivity index (χ2n) is 4.33. The molecular formula is C12H13ClF2N2O. The van der Waals surface area contributed by atoms with Crippen molar-refractivity contribution in [1.29, 1.82) is 0 Å². The minimum Gasteiger partial charge on any atom is -0.333 e. The number of nitrogens with zero attached hydrogens (tertiary/aromatic N) is 1. The Hall–Kier alpha value is -1.36. The lowest BCUT2D eigenvalue weighted by Crippen LogP contribution is -2.31. The molecule has 1 aromatic carbocycles. The molecule has 1 atom stereocenters. The molecular weight excluding hydrogens is 262 g/mol. The van der Waals surface area contributed by atoms with Gasteiger partial charge in [-0.15, -0.1) is 0 Å². The van der Waals surface area contributed by atoms with E-state index >= 15 is 0 Å². The molecule has 98 valence electrons. The van der Waals surface area contributed by atoms with Crippen LogP contribution in [0.5, 0.6) is 0 Å². The lowest BCUT2D eigenvalue weighted by molar-refractivity contribution is 0.0759. The summed E-state index contributed by atoms with van der Waals surface area (Å²) in [5, 5.41) is -0.774. The van der Waals surface area contributed by atoms with Gasteiger partial charge in [0.25, 0.3) is 0 Å². The molecule has 18 heavy (non-hydrogen) atoms. The topological polar surface area (TPSA) is 32.3 Å². The third-order valence-electron chi connectivity index (χ3n) is 2.75. The monoisotopic (exact) mass is 274 g/mol. The Labute approximate surface area is 109 Å². The summed E-state index contributed by atoms with van der Waals surface area (Å²) in [5.74, 6) is 0. The predicted molar refractivity (Wildman–Crippen MR) is 64.6 cm³/mol. The van der Waals surface area contributed by atoms with Crippen molar-refractivity contribution in [3.05, 3.63) is 35.9 Å². The van der Waals surface area contributed by atoms with E-state index in [9.17, 15) is 13.6 Å². The van der Waals surface area contributed by atoms with E-state index in [2.05, 4.69) is 5.32 Å². The lowest BCUT2D eigenvalue weighted by atomic mass is 10.2. The predicted octanol–water partition coefficient (Wildman–Crippen LogP) is 2.80. The molecule has 1 N–H and O–H groups in total. The second-order valence-corrected chi connectivity index (χ2v) is 4.88. The van der Waals surface area contributed by atoms with E-state index in [0.717, 1.165) is 5.56 Å². The molecule has 0 aromatic heterocycles. The summed E-state index contributed by atoms with van der Waals surface area (Å²) in [6.07, 6.45) is -0.550. The zero-order chi connectivity index (χ0) is 13.2. The maximum atomic E-state index is 12.7. The Kier molecular flexibility index (Phi) is 3.71. The van der Waals surface area contributed by atoms with Crippen molar-refractivity contribution in [2.75, 3.05) is 6.54 Å². The van der Waals surface area contributed by atoms with Crippen LogP contribution in [-0.4, -0.2) is 28.9 Å². The van der Waals surface area contributed by atoms with Gasteiger partial charge < -0.3 is 10.2 Å². The number of nitrogens with one attached hydrogen (secondary N) is 1. The largest absolute Gasteiger partial charge is 0.333 e. The van der Waals surface area contributed by atoms with E-state index in [-0.39, 0.29) is 12.6 Å². The summed E-state index contributed by atoms with van der Waals surface area (Å²) in [5.41, 5.74) is 0.964. The van der Waals surface area contributed by atoms with Gasteiger partial charge in [0.05, 0.1) is 6.04 Å². The molecule has 1 aliphatic rings. The SMILES string of the molecule is O=C1NC(CC(F)(F)Cl)CN1Cc1ccccc1. The van der Waals surface area contributed by atoms with Crippen LogP contribution in [0, 0.1) is 0 Å². The van der Waals surface area contributed by atoms with Crippen LogP contribution in [0.4, 0.5) is 13.6 Å². The maximum absolute atomic E-state index is 12.7. The van der Waals surface area contributed by atoms with Gasteiger partial charge >= 0.3 is 11.4 Å². The lowest BCUT2D eigenvalue weighted by Gasteiger charge is -2.15. The van der Waals surface area contributed by atoms with E-state index in [1.54, 1.807) is 0 Å². The van der Waals surface area contributed by atoms with Crippen LogP contribution >= 0.6 is 11.6 Å². The summed E-state index contributed by atoms with van der Waals surface area (Å²) >= 11 is 4.87. The first-order valence-corrected chi connectivity index (χ1v) is 5.98. The van der Waals surface area contributed by atoms with Gasteiger partial charge in [0.1, 0.15) is 0 Å². The van der Waals surface area contributed by atoms with Crippen LogP contribution in [0.1, 0.15) is 12.0 Å². The van der Waals surface area contributed by atoms with E-state index in [4.69, 9.17) is 11.6 Å². The number of carbonyl (C=O) groups is 1. The number of rotatable bonds is 4. The minimum absolute atomic E-state index is 0.246. The fraction of sp³-hybridized carbons (Fsp3) is 0.417. The molecule has 0 spiro atoms. The first kappa shape index (κ1) is 13.1. The van der Waals surface area contributed by atoms with Gasteiger partial charge in [-0.05, 0) is 17.2 Å². The van der Waals surface area contributed by atoms with Crippen molar-refractivity contribution in [3.8, 4) is 0 Å². The molecule has 0 radical (unpaired) electrons. The van der Waals surface area contributed by atoms with E-state index < -0.39 is 17.8 Å². The number of carbonyl (C=O) groups excluding carboxylic acids is 1. The molecule has 6 heteroatoms. The molecule has 2 rings (SSSR count). The fourth-order valence-corrected chi connectivity index (χ4v) is 2.18. The molecule has 1 aliphatic heterocycles. The average Bonchev–Trinajstić information content (AvgIpc) is 2.58. The van der Waals surface area contributed by atoms with E-state index in [1.165, 1.54) is 4.90 Å². The third-order valence-corrected chi connectivity index (χ3v) is 2.90. The molecule has 3 nitrogen and oxygen atoms in total. The number of hydrogen-bond acceptors (Lipinski definition) is 1. The molecule has 1 unspecified atom stereocenters. The molecule has 0 saturated carbocycles. The number of benzene rings is 1.